The first-order chi connectivity index (χ1) is 8.72. The zero-order valence-electron chi connectivity index (χ0n) is 10.6. The molecule has 1 saturated heterocycles. The number of aromatic nitrogens is 5. The summed E-state index contributed by atoms with van der Waals surface area (Å²) in [6, 6.07) is 0.468. The Morgan fingerprint density at radius 3 is 3.06 bits per heavy atom. The summed E-state index contributed by atoms with van der Waals surface area (Å²) in [6.07, 6.45) is 3.68. The fraction of sp³-hybridized carbons (Fsp3) is 0.545. The summed E-state index contributed by atoms with van der Waals surface area (Å²) in [5, 5.41) is 10.6. The lowest BCUT2D eigenvalue weighted by Gasteiger charge is -2.30. The number of aryl methyl sites for hydroxylation is 1. The standard InChI is InChI=1S/C11H17N7/c1-8-5-18(4-3-12-8)11-14-10(15-16-11)9-6-17(2)7-13-9/h6-8,12H,3-5H2,1-2H3,(H,14,15,16)/t8-/m1/s1. The van der Waals surface area contributed by atoms with E-state index < -0.39 is 0 Å². The molecule has 0 saturated carbocycles. The second-order valence-corrected chi connectivity index (χ2v) is 4.71. The summed E-state index contributed by atoms with van der Waals surface area (Å²) in [4.78, 5) is 11.0. The van der Waals surface area contributed by atoms with Crippen LogP contribution < -0.4 is 10.2 Å². The minimum absolute atomic E-state index is 0.468. The molecular weight excluding hydrogens is 230 g/mol. The molecule has 0 bridgehead atoms. The summed E-state index contributed by atoms with van der Waals surface area (Å²) in [5.41, 5.74) is 0.819. The summed E-state index contributed by atoms with van der Waals surface area (Å²) < 4.78 is 1.89. The molecule has 0 aromatic carbocycles. The smallest absolute Gasteiger partial charge is 0.245 e. The molecule has 2 aromatic heterocycles. The maximum absolute atomic E-state index is 4.51. The Labute approximate surface area is 105 Å². The summed E-state index contributed by atoms with van der Waals surface area (Å²) in [6.45, 7) is 5.00. The Hall–Kier alpha value is -1.89. The van der Waals surface area contributed by atoms with Crippen LogP contribution in [0.5, 0.6) is 0 Å². The number of nitrogens with one attached hydrogen (secondary N) is 2. The Morgan fingerprint density at radius 1 is 1.44 bits per heavy atom. The Balaban J connectivity index is 1.80. The third-order valence-electron chi connectivity index (χ3n) is 3.07. The first kappa shape index (κ1) is 11.2. The van der Waals surface area contributed by atoms with E-state index in [2.05, 4.69) is 37.3 Å². The first-order valence-corrected chi connectivity index (χ1v) is 6.11. The normalized spacial score (nSPS) is 20.3. The number of rotatable bonds is 2. The largest absolute Gasteiger partial charge is 0.340 e. The molecule has 1 aliphatic heterocycles. The fourth-order valence-corrected chi connectivity index (χ4v) is 2.16. The van der Waals surface area contributed by atoms with Crippen molar-refractivity contribution >= 4 is 5.95 Å². The van der Waals surface area contributed by atoms with Crippen molar-refractivity contribution < 1.29 is 0 Å². The van der Waals surface area contributed by atoms with E-state index >= 15 is 0 Å². The lowest BCUT2D eigenvalue weighted by Crippen LogP contribution is -2.49. The lowest BCUT2D eigenvalue weighted by molar-refractivity contribution is 0.480. The van der Waals surface area contributed by atoms with Crippen LogP contribution in [0.15, 0.2) is 12.5 Å². The zero-order chi connectivity index (χ0) is 12.5. The summed E-state index contributed by atoms with van der Waals surface area (Å²) >= 11 is 0. The van der Waals surface area contributed by atoms with E-state index in [1.807, 2.05) is 17.8 Å². The molecule has 0 aliphatic carbocycles. The van der Waals surface area contributed by atoms with Crippen LogP contribution in [0.2, 0.25) is 0 Å². The molecule has 0 radical (unpaired) electrons. The van der Waals surface area contributed by atoms with E-state index in [1.165, 1.54) is 0 Å². The van der Waals surface area contributed by atoms with Crippen molar-refractivity contribution in [2.75, 3.05) is 24.5 Å². The van der Waals surface area contributed by atoms with Crippen LogP contribution in [0.1, 0.15) is 6.92 Å². The lowest BCUT2D eigenvalue weighted by atomic mass is 10.2. The molecule has 2 N–H and O–H groups in total. The van der Waals surface area contributed by atoms with Crippen molar-refractivity contribution in [2.45, 2.75) is 13.0 Å². The van der Waals surface area contributed by atoms with Crippen LogP contribution in [0.4, 0.5) is 5.95 Å². The third-order valence-corrected chi connectivity index (χ3v) is 3.07. The van der Waals surface area contributed by atoms with Gasteiger partial charge in [0.15, 0.2) is 5.82 Å². The first-order valence-electron chi connectivity index (χ1n) is 6.11. The second kappa shape index (κ2) is 4.41. The van der Waals surface area contributed by atoms with Crippen molar-refractivity contribution in [3.05, 3.63) is 12.5 Å². The minimum atomic E-state index is 0.468. The number of hydrogen-bond acceptors (Lipinski definition) is 5. The average molecular weight is 247 g/mol. The molecule has 1 aliphatic rings. The molecule has 7 nitrogen and oxygen atoms in total. The van der Waals surface area contributed by atoms with E-state index in [-0.39, 0.29) is 0 Å². The highest BCUT2D eigenvalue weighted by Gasteiger charge is 2.19. The number of anilines is 1. The number of piperazine rings is 1. The predicted octanol–water partition coefficient (Wildman–Crippen LogP) is 0.00330. The molecule has 2 aromatic rings. The van der Waals surface area contributed by atoms with Gasteiger partial charge in [0.25, 0.3) is 0 Å². The number of H-pyrrole nitrogens is 1. The van der Waals surface area contributed by atoms with E-state index in [9.17, 15) is 0 Å². The predicted molar refractivity (Wildman–Crippen MR) is 68.3 cm³/mol. The van der Waals surface area contributed by atoms with Crippen LogP contribution in [-0.2, 0) is 7.05 Å². The minimum Gasteiger partial charge on any atom is -0.340 e. The van der Waals surface area contributed by atoms with E-state index in [0.717, 1.165) is 37.1 Å². The molecule has 0 amide bonds. The maximum atomic E-state index is 4.51. The molecule has 3 rings (SSSR count). The number of imidazole rings is 1. The van der Waals surface area contributed by atoms with Crippen LogP contribution in [0.25, 0.3) is 11.5 Å². The van der Waals surface area contributed by atoms with Crippen LogP contribution in [0, 0.1) is 0 Å². The topological polar surface area (TPSA) is 74.7 Å². The van der Waals surface area contributed by atoms with Gasteiger partial charge < -0.3 is 14.8 Å². The quantitative estimate of drug-likeness (QED) is 0.781. The monoisotopic (exact) mass is 247 g/mol. The van der Waals surface area contributed by atoms with Crippen LogP contribution in [0.3, 0.4) is 0 Å². The molecule has 1 fully saturated rings. The van der Waals surface area contributed by atoms with Gasteiger partial charge in [0, 0.05) is 38.9 Å². The highest BCUT2D eigenvalue weighted by Crippen LogP contribution is 2.16. The molecule has 96 valence electrons. The van der Waals surface area contributed by atoms with Gasteiger partial charge in [-0.1, -0.05) is 0 Å². The van der Waals surface area contributed by atoms with Gasteiger partial charge in [-0.25, -0.2) is 4.98 Å². The molecule has 0 spiro atoms. The van der Waals surface area contributed by atoms with E-state index in [1.54, 1.807) is 6.33 Å². The highest BCUT2D eigenvalue weighted by molar-refractivity contribution is 5.50. The molecule has 0 unspecified atom stereocenters. The van der Waals surface area contributed by atoms with Crippen molar-refractivity contribution in [3.8, 4) is 11.5 Å². The van der Waals surface area contributed by atoms with Gasteiger partial charge in [-0.3, -0.25) is 5.10 Å². The Morgan fingerprint density at radius 2 is 2.33 bits per heavy atom. The molecular formula is C11H17N7. The van der Waals surface area contributed by atoms with Gasteiger partial charge in [0.1, 0.15) is 5.69 Å². The van der Waals surface area contributed by atoms with Gasteiger partial charge in [-0.15, -0.1) is 5.10 Å². The second-order valence-electron chi connectivity index (χ2n) is 4.71. The van der Waals surface area contributed by atoms with Crippen molar-refractivity contribution in [2.24, 2.45) is 7.05 Å². The Kier molecular flexibility index (Phi) is 2.75. The number of hydrogen-bond donors (Lipinski definition) is 2. The van der Waals surface area contributed by atoms with Gasteiger partial charge in [-0.2, -0.15) is 4.98 Å². The molecule has 7 heteroatoms. The molecule has 1 atom stereocenters. The van der Waals surface area contributed by atoms with Crippen molar-refractivity contribution in [1.82, 2.24) is 30.0 Å². The number of nitrogens with zero attached hydrogens (tertiary/aromatic N) is 5. The molecule has 3 heterocycles. The SMILES string of the molecule is C[C@@H]1CN(c2n[nH]c(-c3cn(C)cn3)n2)CCN1. The van der Waals surface area contributed by atoms with Gasteiger partial charge >= 0.3 is 0 Å². The zero-order valence-corrected chi connectivity index (χ0v) is 10.6. The van der Waals surface area contributed by atoms with Gasteiger partial charge in [-0.05, 0) is 6.92 Å². The third kappa shape index (κ3) is 2.08. The summed E-state index contributed by atoms with van der Waals surface area (Å²) in [7, 11) is 1.94. The van der Waals surface area contributed by atoms with Crippen LogP contribution in [-0.4, -0.2) is 50.4 Å². The van der Waals surface area contributed by atoms with Gasteiger partial charge in [0.2, 0.25) is 5.95 Å². The van der Waals surface area contributed by atoms with E-state index in [4.69, 9.17) is 0 Å². The number of aromatic amines is 1. The molecule has 18 heavy (non-hydrogen) atoms. The van der Waals surface area contributed by atoms with Crippen molar-refractivity contribution in [3.63, 3.8) is 0 Å². The maximum Gasteiger partial charge on any atom is 0.245 e. The fourth-order valence-electron chi connectivity index (χ4n) is 2.16. The van der Waals surface area contributed by atoms with Crippen molar-refractivity contribution in [1.29, 1.82) is 0 Å². The average Bonchev–Trinajstić information content (AvgIpc) is 2.97. The summed E-state index contributed by atoms with van der Waals surface area (Å²) in [5.74, 6) is 1.47. The highest BCUT2D eigenvalue weighted by atomic mass is 15.4. The Bertz CT molecular complexity index is 529. The van der Waals surface area contributed by atoms with Gasteiger partial charge in [0.05, 0.1) is 6.33 Å². The van der Waals surface area contributed by atoms with E-state index in [0.29, 0.717) is 6.04 Å². The van der Waals surface area contributed by atoms with Crippen LogP contribution >= 0.6 is 0 Å².